The number of pyridine rings is 1. The van der Waals surface area contributed by atoms with Crippen LogP contribution in [0.1, 0.15) is 44.0 Å². The number of halogens is 1. The van der Waals surface area contributed by atoms with Gasteiger partial charge < -0.3 is 10.6 Å². The Morgan fingerprint density at radius 2 is 2.17 bits per heavy atom. The van der Waals surface area contributed by atoms with Crippen LogP contribution in [0.2, 0.25) is 0 Å². The maximum Gasteiger partial charge on any atom is 0.255 e. The molecule has 0 aliphatic carbocycles. The summed E-state index contributed by atoms with van der Waals surface area (Å²) in [5, 5.41) is 5.67. The van der Waals surface area contributed by atoms with E-state index in [2.05, 4.69) is 22.5 Å². The zero-order chi connectivity index (χ0) is 13.8. The molecule has 0 spiro atoms. The number of carbonyl (C=O) groups excluding carboxylic acids is 1. The second-order valence-electron chi connectivity index (χ2n) is 4.89. The molecule has 100 valence electrons. The maximum atomic E-state index is 13.2. The monoisotopic (exact) mass is 253 g/mol. The summed E-state index contributed by atoms with van der Waals surface area (Å²) < 4.78 is 13.2. The Balaban J connectivity index is 2.93. The molecule has 1 amide bonds. The van der Waals surface area contributed by atoms with Gasteiger partial charge in [-0.3, -0.25) is 4.79 Å². The summed E-state index contributed by atoms with van der Waals surface area (Å²) in [5.41, 5.74) is -0.0925. The van der Waals surface area contributed by atoms with Crippen molar-refractivity contribution in [2.75, 3.05) is 12.4 Å². The maximum absolute atomic E-state index is 13.2. The van der Waals surface area contributed by atoms with E-state index in [9.17, 15) is 9.18 Å². The summed E-state index contributed by atoms with van der Waals surface area (Å²) in [6.07, 6.45) is 2.91. The Kier molecular flexibility index (Phi) is 4.64. The molecule has 0 fully saturated rings. The Morgan fingerprint density at radius 3 is 2.72 bits per heavy atom. The van der Waals surface area contributed by atoms with E-state index in [0.29, 0.717) is 5.82 Å². The molecule has 1 rings (SSSR count). The molecule has 18 heavy (non-hydrogen) atoms. The minimum atomic E-state index is -0.521. The molecule has 4 nitrogen and oxygen atoms in total. The number of nitrogens with zero attached hydrogens (tertiary/aromatic N) is 1. The highest BCUT2D eigenvalue weighted by Crippen LogP contribution is 2.16. The molecule has 5 heteroatoms. The fraction of sp³-hybridized carbons (Fsp3) is 0.538. The van der Waals surface area contributed by atoms with Gasteiger partial charge in [-0.15, -0.1) is 0 Å². The highest BCUT2D eigenvalue weighted by Gasteiger charge is 2.22. The van der Waals surface area contributed by atoms with Crippen LogP contribution >= 0.6 is 0 Å². The van der Waals surface area contributed by atoms with Gasteiger partial charge in [0.1, 0.15) is 11.6 Å². The number of hydrogen-bond donors (Lipinski definition) is 2. The van der Waals surface area contributed by atoms with Gasteiger partial charge in [0.2, 0.25) is 0 Å². The Labute approximate surface area is 107 Å². The van der Waals surface area contributed by atoms with Crippen LogP contribution in [0, 0.1) is 5.82 Å². The van der Waals surface area contributed by atoms with E-state index in [0.717, 1.165) is 19.0 Å². The van der Waals surface area contributed by atoms with Crippen molar-refractivity contribution < 1.29 is 9.18 Å². The average molecular weight is 253 g/mol. The van der Waals surface area contributed by atoms with Crippen molar-refractivity contribution >= 4 is 11.7 Å². The third-order valence-corrected chi connectivity index (χ3v) is 2.66. The van der Waals surface area contributed by atoms with Gasteiger partial charge in [-0.1, -0.05) is 13.3 Å². The molecule has 0 aliphatic rings. The quantitative estimate of drug-likeness (QED) is 0.848. The van der Waals surface area contributed by atoms with Crippen molar-refractivity contribution in [1.29, 1.82) is 0 Å². The average Bonchev–Trinajstić information content (AvgIpc) is 2.28. The Hall–Kier alpha value is -1.65. The van der Waals surface area contributed by atoms with Crippen LogP contribution < -0.4 is 10.6 Å². The van der Waals surface area contributed by atoms with E-state index in [1.165, 1.54) is 6.07 Å². The first-order chi connectivity index (χ1) is 8.39. The molecule has 0 bridgehead atoms. The zero-order valence-corrected chi connectivity index (χ0v) is 11.3. The van der Waals surface area contributed by atoms with E-state index in [1.54, 1.807) is 7.05 Å². The van der Waals surface area contributed by atoms with Gasteiger partial charge >= 0.3 is 0 Å². The van der Waals surface area contributed by atoms with Crippen LogP contribution in [-0.4, -0.2) is 23.5 Å². The van der Waals surface area contributed by atoms with Crippen LogP contribution in [0.3, 0.4) is 0 Å². The topological polar surface area (TPSA) is 54.0 Å². The van der Waals surface area contributed by atoms with E-state index in [4.69, 9.17) is 0 Å². The third-order valence-electron chi connectivity index (χ3n) is 2.66. The summed E-state index contributed by atoms with van der Waals surface area (Å²) in [6.45, 7) is 5.94. The minimum Gasteiger partial charge on any atom is -0.372 e. The molecule has 0 aromatic carbocycles. The van der Waals surface area contributed by atoms with Gasteiger partial charge in [-0.25, -0.2) is 9.37 Å². The second kappa shape index (κ2) is 5.80. The molecule has 0 unspecified atom stereocenters. The molecule has 1 aromatic rings. The summed E-state index contributed by atoms with van der Waals surface area (Å²) in [5.74, 6) is -0.460. The number of aromatic nitrogens is 1. The van der Waals surface area contributed by atoms with Gasteiger partial charge in [0.25, 0.3) is 5.91 Å². The van der Waals surface area contributed by atoms with Crippen molar-refractivity contribution in [3.8, 4) is 0 Å². The summed E-state index contributed by atoms with van der Waals surface area (Å²) in [7, 11) is 1.65. The van der Waals surface area contributed by atoms with Crippen molar-refractivity contribution in [3.63, 3.8) is 0 Å². The summed E-state index contributed by atoms with van der Waals surface area (Å²) >= 11 is 0. The summed E-state index contributed by atoms with van der Waals surface area (Å²) in [4.78, 5) is 16.0. The van der Waals surface area contributed by atoms with Crippen molar-refractivity contribution in [3.05, 3.63) is 23.6 Å². The van der Waals surface area contributed by atoms with Crippen molar-refractivity contribution in [2.24, 2.45) is 0 Å². The largest absolute Gasteiger partial charge is 0.372 e. The molecule has 2 N–H and O–H groups in total. The lowest BCUT2D eigenvalue weighted by Crippen LogP contribution is -2.43. The molecular formula is C13H20FN3O. The number of carbonyl (C=O) groups is 1. The predicted octanol–water partition coefficient (Wildman–Crippen LogP) is 2.57. The predicted molar refractivity (Wildman–Crippen MR) is 70.2 cm³/mol. The van der Waals surface area contributed by atoms with Gasteiger partial charge in [0.15, 0.2) is 0 Å². The lowest BCUT2D eigenvalue weighted by Gasteiger charge is -2.26. The standard InChI is InChI=1S/C13H20FN3O/c1-5-6-13(2,3)17-12(18)10-7-9(14)8-16-11(10)15-4/h7-8H,5-6H2,1-4H3,(H,15,16)(H,17,18). The lowest BCUT2D eigenvalue weighted by molar-refractivity contribution is 0.0909. The minimum absolute atomic E-state index is 0.224. The van der Waals surface area contributed by atoms with E-state index < -0.39 is 5.82 Å². The van der Waals surface area contributed by atoms with Crippen LogP contribution in [0.5, 0.6) is 0 Å². The van der Waals surface area contributed by atoms with Gasteiger partial charge in [-0.05, 0) is 26.3 Å². The van der Waals surface area contributed by atoms with E-state index >= 15 is 0 Å². The second-order valence-corrected chi connectivity index (χ2v) is 4.89. The smallest absolute Gasteiger partial charge is 0.255 e. The highest BCUT2D eigenvalue weighted by atomic mass is 19.1. The molecule has 0 saturated heterocycles. The number of rotatable bonds is 5. The van der Waals surface area contributed by atoms with Crippen molar-refractivity contribution in [1.82, 2.24) is 10.3 Å². The number of anilines is 1. The van der Waals surface area contributed by atoms with Crippen LogP contribution in [0.15, 0.2) is 12.3 Å². The van der Waals surface area contributed by atoms with Gasteiger partial charge in [0, 0.05) is 12.6 Å². The first kappa shape index (κ1) is 14.4. The SMILES string of the molecule is CCCC(C)(C)NC(=O)c1cc(F)cnc1NC. The fourth-order valence-corrected chi connectivity index (χ4v) is 1.87. The normalized spacial score (nSPS) is 11.2. The molecule has 0 atom stereocenters. The third kappa shape index (κ3) is 3.68. The molecular weight excluding hydrogens is 233 g/mol. The molecule has 1 heterocycles. The molecule has 0 radical (unpaired) electrons. The zero-order valence-electron chi connectivity index (χ0n) is 11.3. The fourth-order valence-electron chi connectivity index (χ4n) is 1.87. The van der Waals surface area contributed by atoms with Crippen LogP contribution in [-0.2, 0) is 0 Å². The highest BCUT2D eigenvalue weighted by molar-refractivity contribution is 5.99. The number of hydrogen-bond acceptors (Lipinski definition) is 3. The Morgan fingerprint density at radius 1 is 1.50 bits per heavy atom. The Bertz CT molecular complexity index is 432. The van der Waals surface area contributed by atoms with Crippen molar-refractivity contribution in [2.45, 2.75) is 39.2 Å². The number of amides is 1. The molecule has 0 saturated carbocycles. The van der Waals surface area contributed by atoms with Crippen LogP contribution in [0.4, 0.5) is 10.2 Å². The number of nitrogens with one attached hydrogen (secondary N) is 2. The van der Waals surface area contributed by atoms with Gasteiger partial charge in [0.05, 0.1) is 11.8 Å². The molecule has 1 aromatic heterocycles. The first-order valence-corrected chi connectivity index (χ1v) is 6.05. The lowest BCUT2D eigenvalue weighted by atomic mass is 9.98. The van der Waals surface area contributed by atoms with Gasteiger partial charge in [-0.2, -0.15) is 0 Å². The first-order valence-electron chi connectivity index (χ1n) is 6.05. The van der Waals surface area contributed by atoms with E-state index in [1.807, 2.05) is 13.8 Å². The van der Waals surface area contributed by atoms with Crippen LogP contribution in [0.25, 0.3) is 0 Å². The van der Waals surface area contributed by atoms with E-state index in [-0.39, 0.29) is 17.0 Å². The summed E-state index contributed by atoms with van der Waals surface area (Å²) in [6, 6.07) is 1.19. The molecule has 0 aliphatic heterocycles.